The van der Waals surface area contributed by atoms with Gasteiger partial charge in [-0.3, -0.25) is 4.99 Å². The first kappa shape index (κ1) is 25.7. The van der Waals surface area contributed by atoms with Crippen LogP contribution in [0.3, 0.4) is 0 Å². The molecule has 1 atom stereocenters. The Morgan fingerprint density at radius 2 is 2.06 bits per heavy atom. The third-order valence-corrected chi connectivity index (χ3v) is 5.29. The van der Waals surface area contributed by atoms with Gasteiger partial charge >= 0.3 is 0 Å². The Labute approximate surface area is 207 Å². The number of ether oxygens (including phenoxy) is 1. The van der Waals surface area contributed by atoms with Crippen molar-refractivity contribution in [1.29, 1.82) is 0 Å². The van der Waals surface area contributed by atoms with Crippen LogP contribution in [-0.2, 0) is 11.3 Å². The second-order valence-corrected chi connectivity index (χ2v) is 7.80. The lowest BCUT2D eigenvalue weighted by molar-refractivity contribution is 0.117. The molecule has 170 valence electrons. The Morgan fingerprint density at radius 3 is 2.84 bits per heavy atom. The number of hydrogen-bond donors (Lipinski definition) is 2. The Hall–Kier alpha value is -1.58. The van der Waals surface area contributed by atoms with Crippen molar-refractivity contribution >= 4 is 47.4 Å². The molecule has 1 aromatic heterocycles. The van der Waals surface area contributed by atoms with Gasteiger partial charge in [0.2, 0.25) is 0 Å². The van der Waals surface area contributed by atoms with Crippen molar-refractivity contribution < 1.29 is 4.74 Å². The van der Waals surface area contributed by atoms with E-state index < -0.39 is 0 Å². The fourth-order valence-electron chi connectivity index (χ4n) is 3.46. The molecule has 2 aromatic rings. The van der Waals surface area contributed by atoms with Gasteiger partial charge in [0.05, 0.1) is 11.6 Å². The van der Waals surface area contributed by atoms with E-state index in [4.69, 9.17) is 21.3 Å². The third kappa shape index (κ3) is 8.82. The number of pyridine rings is 1. The molecule has 6 nitrogen and oxygen atoms in total. The van der Waals surface area contributed by atoms with Crippen molar-refractivity contribution in [3.8, 4) is 0 Å². The largest absolute Gasteiger partial charge is 0.377 e. The monoisotopic (exact) mass is 557 g/mol. The van der Waals surface area contributed by atoms with Crippen molar-refractivity contribution in [2.75, 3.05) is 37.7 Å². The molecule has 8 heteroatoms. The van der Waals surface area contributed by atoms with Gasteiger partial charge in [-0.1, -0.05) is 41.9 Å². The van der Waals surface area contributed by atoms with Crippen LogP contribution in [-0.4, -0.2) is 49.8 Å². The summed E-state index contributed by atoms with van der Waals surface area (Å²) in [5, 5.41) is 7.60. The number of rotatable bonds is 10. The molecule has 1 aliphatic rings. The number of hydrogen-bond acceptors (Lipinski definition) is 4. The van der Waals surface area contributed by atoms with Crippen LogP contribution in [0.5, 0.6) is 0 Å². The quantitative estimate of drug-likeness (QED) is 0.195. The fraction of sp³-hybridized carbons (Fsp3) is 0.478. The summed E-state index contributed by atoms with van der Waals surface area (Å²) in [5.41, 5.74) is 1.21. The Kier molecular flexibility index (Phi) is 12.0. The number of benzene rings is 1. The van der Waals surface area contributed by atoms with Crippen LogP contribution in [0, 0.1) is 0 Å². The van der Waals surface area contributed by atoms with E-state index in [9.17, 15) is 0 Å². The van der Waals surface area contributed by atoms with Crippen LogP contribution in [0.25, 0.3) is 0 Å². The van der Waals surface area contributed by atoms with E-state index in [0.717, 1.165) is 63.8 Å². The van der Waals surface area contributed by atoms with Gasteiger partial charge in [-0.05, 0) is 43.9 Å². The molecule has 0 spiro atoms. The first-order valence-corrected chi connectivity index (χ1v) is 11.2. The van der Waals surface area contributed by atoms with Gasteiger partial charge in [0.15, 0.2) is 5.96 Å². The predicted molar refractivity (Wildman–Crippen MR) is 140 cm³/mol. The SMILES string of the molecule is CCNC(=NCCCCOCc1ccccc1)NC1CCN(c2ncccc2Cl)C1.I. The van der Waals surface area contributed by atoms with Crippen molar-refractivity contribution in [1.82, 2.24) is 15.6 Å². The van der Waals surface area contributed by atoms with Gasteiger partial charge in [-0.25, -0.2) is 4.98 Å². The maximum atomic E-state index is 6.29. The van der Waals surface area contributed by atoms with Crippen LogP contribution in [0.2, 0.25) is 5.02 Å². The number of nitrogens with zero attached hydrogens (tertiary/aromatic N) is 3. The highest BCUT2D eigenvalue weighted by Crippen LogP contribution is 2.25. The van der Waals surface area contributed by atoms with E-state index in [0.29, 0.717) is 17.7 Å². The first-order valence-electron chi connectivity index (χ1n) is 10.8. The Morgan fingerprint density at radius 1 is 1.23 bits per heavy atom. The van der Waals surface area contributed by atoms with Crippen LogP contribution < -0.4 is 15.5 Å². The summed E-state index contributed by atoms with van der Waals surface area (Å²) in [4.78, 5) is 11.4. The minimum atomic E-state index is 0. The molecular formula is C23H33ClIN5O. The molecule has 31 heavy (non-hydrogen) atoms. The molecule has 2 heterocycles. The maximum absolute atomic E-state index is 6.29. The summed E-state index contributed by atoms with van der Waals surface area (Å²) in [6.45, 7) is 6.95. The lowest BCUT2D eigenvalue weighted by atomic mass is 10.2. The summed E-state index contributed by atoms with van der Waals surface area (Å²) in [5.74, 6) is 1.74. The van der Waals surface area contributed by atoms with E-state index in [1.165, 1.54) is 5.56 Å². The molecule has 2 N–H and O–H groups in total. The molecule has 3 rings (SSSR count). The molecule has 0 bridgehead atoms. The fourth-order valence-corrected chi connectivity index (χ4v) is 3.71. The standard InChI is InChI=1S/C23H32ClN5O.HI/c1-2-25-23(27-13-6-7-16-30-18-19-9-4-3-5-10-19)28-20-12-15-29(17-20)22-21(24)11-8-14-26-22;/h3-5,8-11,14,20H,2,6-7,12-13,15-18H2,1H3,(H2,25,27,28);1H. The summed E-state index contributed by atoms with van der Waals surface area (Å²) in [7, 11) is 0. The number of guanidine groups is 1. The molecule has 1 aromatic carbocycles. The smallest absolute Gasteiger partial charge is 0.191 e. The second-order valence-electron chi connectivity index (χ2n) is 7.39. The van der Waals surface area contributed by atoms with E-state index in [-0.39, 0.29) is 24.0 Å². The molecule has 0 aliphatic carbocycles. The molecule has 0 saturated carbocycles. The van der Waals surface area contributed by atoms with Crippen molar-refractivity contribution in [2.45, 2.75) is 38.8 Å². The molecule has 1 aliphatic heterocycles. The highest BCUT2D eigenvalue weighted by molar-refractivity contribution is 14.0. The lowest BCUT2D eigenvalue weighted by Gasteiger charge is -2.20. The number of halogens is 2. The number of unbranched alkanes of at least 4 members (excludes halogenated alkanes) is 1. The maximum Gasteiger partial charge on any atom is 0.191 e. The lowest BCUT2D eigenvalue weighted by Crippen LogP contribution is -2.44. The predicted octanol–water partition coefficient (Wildman–Crippen LogP) is 4.48. The molecule has 1 fully saturated rings. The Bertz CT molecular complexity index is 793. The molecule has 1 saturated heterocycles. The summed E-state index contributed by atoms with van der Waals surface area (Å²) in [6.07, 6.45) is 4.83. The van der Waals surface area contributed by atoms with E-state index in [1.54, 1.807) is 6.20 Å². The van der Waals surface area contributed by atoms with Gasteiger partial charge in [0, 0.05) is 45.0 Å². The first-order chi connectivity index (χ1) is 14.8. The van der Waals surface area contributed by atoms with E-state index in [2.05, 4.69) is 39.6 Å². The average Bonchev–Trinajstić information content (AvgIpc) is 3.22. The number of nitrogens with one attached hydrogen (secondary N) is 2. The van der Waals surface area contributed by atoms with Gasteiger partial charge < -0.3 is 20.3 Å². The number of aromatic nitrogens is 1. The molecule has 1 unspecified atom stereocenters. The summed E-state index contributed by atoms with van der Waals surface area (Å²) in [6, 6.07) is 14.4. The number of anilines is 1. The molecule has 0 radical (unpaired) electrons. The average molecular weight is 558 g/mol. The third-order valence-electron chi connectivity index (χ3n) is 4.99. The highest BCUT2D eigenvalue weighted by atomic mass is 127. The minimum Gasteiger partial charge on any atom is -0.377 e. The highest BCUT2D eigenvalue weighted by Gasteiger charge is 2.25. The van der Waals surface area contributed by atoms with Crippen molar-refractivity contribution in [3.63, 3.8) is 0 Å². The normalized spacial score (nSPS) is 16.1. The second kappa shape index (κ2) is 14.5. The van der Waals surface area contributed by atoms with Gasteiger partial charge in [-0.2, -0.15) is 0 Å². The topological polar surface area (TPSA) is 61.8 Å². The molecule has 0 amide bonds. The van der Waals surface area contributed by atoms with Gasteiger partial charge in [0.1, 0.15) is 5.82 Å². The van der Waals surface area contributed by atoms with Crippen molar-refractivity contribution in [3.05, 3.63) is 59.2 Å². The Balaban J connectivity index is 0.00000341. The number of aliphatic imine (C=N–C) groups is 1. The zero-order valence-electron chi connectivity index (χ0n) is 18.1. The summed E-state index contributed by atoms with van der Waals surface area (Å²) < 4.78 is 5.74. The van der Waals surface area contributed by atoms with Crippen LogP contribution in [0.1, 0.15) is 31.7 Å². The summed E-state index contributed by atoms with van der Waals surface area (Å²) >= 11 is 6.29. The van der Waals surface area contributed by atoms with Crippen LogP contribution >= 0.6 is 35.6 Å². The zero-order chi connectivity index (χ0) is 21.0. The van der Waals surface area contributed by atoms with E-state index in [1.807, 2.05) is 30.3 Å². The van der Waals surface area contributed by atoms with Crippen molar-refractivity contribution in [2.24, 2.45) is 4.99 Å². The minimum absolute atomic E-state index is 0. The molecular weight excluding hydrogens is 525 g/mol. The zero-order valence-corrected chi connectivity index (χ0v) is 21.2. The van der Waals surface area contributed by atoms with Crippen LogP contribution in [0.15, 0.2) is 53.7 Å². The van der Waals surface area contributed by atoms with Crippen LogP contribution in [0.4, 0.5) is 5.82 Å². The van der Waals surface area contributed by atoms with Gasteiger partial charge in [-0.15, -0.1) is 24.0 Å². The van der Waals surface area contributed by atoms with Gasteiger partial charge in [0.25, 0.3) is 0 Å². The van der Waals surface area contributed by atoms with E-state index >= 15 is 0 Å².